The molecule has 24 heavy (non-hydrogen) atoms. The summed E-state index contributed by atoms with van der Waals surface area (Å²) in [5.41, 5.74) is 4.15. The lowest BCUT2D eigenvalue weighted by Crippen LogP contribution is -2.56. The van der Waals surface area contributed by atoms with Gasteiger partial charge in [-0.3, -0.25) is 9.69 Å². The van der Waals surface area contributed by atoms with Gasteiger partial charge in [0.05, 0.1) is 6.61 Å². The molecule has 0 radical (unpaired) electrons. The summed E-state index contributed by atoms with van der Waals surface area (Å²) in [5, 5.41) is 0. The molecule has 0 aliphatic carbocycles. The van der Waals surface area contributed by atoms with E-state index < -0.39 is 0 Å². The molecule has 0 N–H and O–H groups in total. The monoisotopic (exact) mass is 330 g/mol. The quantitative estimate of drug-likeness (QED) is 0.832. The lowest BCUT2D eigenvalue weighted by Gasteiger charge is -2.47. The van der Waals surface area contributed by atoms with Crippen LogP contribution in [0.3, 0.4) is 0 Å². The van der Waals surface area contributed by atoms with Crippen LogP contribution in [0.25, 0.3) is 0 Å². The standard InChI is InChI=1S/C20H30N2O2/c1-15-4-5-16(2)18(12-15)14-21-9-8-19-17(13-21)6-7-20(23)22(19)10-11-24-3/h4-5,12,17,19H,6-11,13-14H2,1-3H3/t17-,19+/m0/s1. The summed E-state index contributed by atoms with van der Waals surface area (Å²) >= 11 is 0. The summed E-state index contributed by atoms with van der Waals surface area (Å²) in [7, 11) is 1.71. The van der Waals surface area contributed by atoms with Crippen LogP contribution in [-0.4, -0.2) is 55.1 Å². The Morgan fingerprint density at radius 1 is 1.25 bits per heavy atom. The van der Waals surface area contributed by atoms with Gasteiger partial charge in [0.25, 0.3) is 0 Å². The van der Waals surface area contributed by atoms with Gasteiger partial charge in [-0.15, -0.1) is 0 Å². The fraction of sp³-hybridized carbons (Fsp3) is 0.650. The van der Waals surface area contributed by atoms with Crippen molar-refractivity contribution in [3.05, 3.63) is 34.9 Å². The van der Waals surface area contributed by atoms with Gasteiger partial charge >= 0.3 is 0 Å². The van der Waals surface area contributed by atoms with Crippen molar-refractivity contribution in [2.75, 3.05) is 33.4 Å². The minimum absolute atomic E-state index is 0.316. The van der Waals surface area contributed by atoms with E-state index in [4.69, 9.17) is 4.74 Å². The number of methoxy groups -OCH3 is 1. The number of benzene rings is 1. The number of rotatable bonds is 5. The molecule has 2 aliphatic heterocycles. The Kier molecular flexibility index (Phi) is 5.57. The van der Waals surface area contributed by atoms with Crippen molar-refractivity contribution in [1.82, 2.24) is 9.80 Å². The van der Waals surface area contributed by atoms with E-state index in [0.29, 0.717) is 30.9 Å². The maximum Gasteiger partial charge on any atom is 0.222 e. The average molecular weight is 330 g/mol. The van der Waals surface area contributed by atoms with E-state index in [1.54, 1.807) is 7.11 Å². The van der Waals surface area contributed by atoms with Gasteiger partial charge in [0.15, 0.2) is 0 Å². The number of hydrogen-bond donors (Lipinski definition) is 0. The van der Waals surface area contributed by atoms with Gasteiger partial charge in [0.2, 0.25) is 5.91 Å². The Balaban J connectivity index is 1.64. The normalized spacial score (nSPS) is 25.0. The predicted molar refractivity (Wildman–Crippen MR) is 95.9 cm³/mol. The number of aryl methyl sites for hydroxylation is 2. The van der Waals surface area contributed by atoms with Crippen LogP contribution in [0, 0.1) is 19.8 Å². The third kappa shape index (κ3) is 3.81. The van der Waals surface area contributed by atoms with Crippen molar-refractivity contribution in [2.24, 2.45) is 5.92 Å². The number of amides is 1. The van der Waals surface area contributed by atoms with Crippen molar-refractivity contribution in [3.8, 4) is 0 Å². The van der Waals surface area contributed by atoms with Crippen LogP contribution in [0.15, 0.2) is 18.2 Å². The third-order valence-electron chi connectivity index (χ3n) is 5.66. The smallest absolute Gasteiger partial charge is 0.222 e. The summed E-state index contributed by atoms with van der Waals surface area (Å²) in [6, 6.07) is 7.14. The number of likely N-dealkylation sites (tertiary alicyclic amines) is 2. The molecule has 132 valence electrons. The maximum atomic E-state index is 12.3. The summed E-state index contributed by atoms with van der Waals surface area (Å²) in [4.78, 5) is 16.9. The Morgan fingerprint density at radius 2 is 2.08 bits per heavy atom. The van der Waals surface area contributed by atoms with Crippen LogP contribution in [0.5, 0.6) is 0 Å². The molecule has 2 atom stereocenters. The van der Waals surface area contributed by atoms with Crippen molar-refractivity contribution >= 4 is 5.91 Å². The van der Waals surface area contributed by atoms with Crippen molar-refractivity contribution in [3.63, 3.8) is 0 Å². The molecule has 2 fully saturated rings. The topological polar surface area (TPSA) is 32.8 Å². The molecule has 0 bridgehead atoms. The largest absolute Gasteiger partial charge is 0.383 e. The van der Waals surface area contributed by atoms with Gasteiger partial charge in [-0.05, 0) is 43.7 Å². The first kappa shape index (κ1) is 17.4. The summed E-state index contributed by atoms with van der Waals surface area (Å²) in [6.45, 7) is 8.96. The zero-order chi connectivity index (χ0) is 17.1. The molecular weight excluding hydrogens is 300 g/mol. The van der Waals surface area contributed by atoms with E-state index in [2.05, 4.69) is 41.8 Å². The van der Waals surface area contributed by atoms with Crippen molar-refractivity contribution in [2.45, 2.75) is 45.7 Å². The first-order chi connectivity index (χ1) is 11.6. The number of ether oxygens (including phenoxy) is 1. The second kappa shape index (κ2) is 7.66. The molecule has 3 rings (SSSR count). The van der Waals surface area contributed by atoms with E-state index in [0.717, 1.165) is 39.0 Å². The SMILES string of the molecule is COCCN1C(=O)CC[C@H]2CN(Cc3cc(C)ccc3C)CC[C@H]21. The van der Waals surface area contributed by atoms with Gasteiger partial charge < -0.3 is 9.64 Å². The Bertz CT molecular complexity index is 587. The van der Waals surface area contributed by atoms with Gasteiger partial charge in [-0.1, -0.05) is 23.8 Å². The van der Waals surface area contributed by atoms with Gasteiger partial charge in [-0.2, -0.15) is 0 Å². The highest BCUT2D eigenvalue weighted by Crippen LogP contribution is 2.32. The van der Waals surface area contributed by atoms with Crippen molar-refractivity contribution in [1.29, 1.82) is 0 Å². The summed E-state index contributed by atoms with van der Waals surface area (Å²) in [5.74, 6) is 0.926. The zero-order valence-electron chi connectivity index (χ0n) is 15.3. The lowest BCUT2D eigenvalue weighted by atomic mass is 9.83. The predicted octanol–water partition coefficient (Wildman–Crippen LogP) is 2.76. The van der Waals surface area contributed by atoms with Gasteiger partial charge in [-0.25, -0.2) is 0 Å². The molecule has 0 saturated carbocycles. The van der Waals surface area contributed by atoms with Crippen LogP contribution < -0.4 is 0 Å². The van der Waals surface area contributed by atoms with E-state index in [1.807, 2.05) is 0 Å². The second-order valence-electron chi connectivity index (χ2n) is 7.40. The van der Waals surface area contributed by atoms with Crippen LogP contribution in [-0.2, 0) is 16.1 Å². The fourth-order valence-corrected chi connectivity index (χ4v) is 4.26. The third-order valence-corrected chi connectivity index (χ3v) is 5.66. The molecule has 0 unspecified atom stereocenters. The highest BCUT2D eigenvalue weighted by Gasteiger charge is 2.38. The van der Waals surface area contributed by atoms with Crippen molar-refractivity contribution < 1.29 is 9.53 Å². The number of hydrogen-bond acceptors (Lipinski definition) is 3. The van der Waals surface area contributed by atoms with Crippen LogP contribution in [0.2, 0.25) is 0 Å². The van der Waals surface area contributed by atoms with E-state index in [-0.39, 0.29) is 0 Å². The molecule has 0 spiro atoms. The van der Waals surface area contributed by atoms with Crippen LogP contribution in [0.4, 0.5) is 0 Å². The fourth-order valence-electron chi connectivity index (χ4n) is 4.26. The molecule has 2 heterocycles. The summed E-state index contributed by atoms with van der Waals surface area (Å²) in [6.07, 6.45) is 2.82. The minimum Gasteiger partial charge on any atom is -0.383 e. The van der Waals surface area contributed by atoms with E-state index >= 15 is 0 Å². The Hall–Kier alpha value is -1.39. The minimum atomic E-state index is 0.316. The molecular formula is C20H30N2O2. The average Bonchev–Trinajstić information content (AvgIpc) is 2.57. The number of carbonyl (C=O) groups excluding carboxylic acids is 1. The number of carbonyl (C=O) groups is 1. The first-order valence-corrected chi connectivity index (χ1v) is 9.15. The maximum absolute atomic E-state index is 12.3. The molecule has 2 saturated heterocycles. The molecule has 1 aromatic rings. The lowest BCUT2D eigenvalue weighted by molar-refractivity contribution is -0.142. The summed E-state index contributed by atoms with van der Waals surface area (Å²) < 4.78 is 5.19. The molecule has 1 aromatic carbocycles. The Labute approximate surface area is 145 Å². The van der Waals surface area contributed by atoms with Gasteiger partial charge in [0.1, 0.15) is 0 Å². The molecule has 4 nitrogen and oxygen atoms in total. The zero-order valence-corrected chi connectivity index (χ0v) is 15.3. The van der Waals surface area contributed by atoms with E-state index in [1.165, 1.54) is 16.7 Å². The Morgan fingerprint density at radius 3 is 2.88 bits per heavy atom. The number of fused-ring (bicyclic) bond motifs is 1. The highest BCUT2D eigenvalue weighted by molar-refractivity contribution is 5.77. The number of piperidine rings is 2. The number of nitrogens with zero attached hydrogens (tertiary/aromatic N) is 2. The van der Waals surface area contributed by atoms with E-state index in [9.17, 15) is 4.79 Å². The van der Waals surface area contributed by atoms with Crippen LogP contribution >= 0.6 is 0 Å². The van der Waals surface area contributed by atoms with Crippen LogP contribution in [0.1, 0.15) is 36.0 Å². The highest BCUT2D eigenvalue weighted by atomic mass is 16.5. The van der Waals surface area contributed by atoms with Gasteiger partial charge in [0, 0.05) is 45.8 Å². The molecule has 4 heteroatoms. The molecule has 0 aromatic heterocycles. The molecule has 1 amide bonds. The molecule has 2 aliphatic rings. The second-order valence-corrected chi connectivity index (χ2v) is 7.40. The first-order valence-electron chi connectivity index (χ1n) is 9.15.